The Morgan fingerprint density at radius 2 is 1.75 bits per heavy atom. The normalized spacial score (nSPS) is 12.4. The monoisotopic (exact) mass is 498 g/mol. The average Bonchev–Trinajstić information content (AvgIpc) is 2.63. The van der Waals surface area contributed by atoms with Crippen molar-refractivity contribution in [2.24, 2.45) is 7.05 Å². The molecule has 0 atom stereocenters. The third-order valence-corrected chi connectivity index (χ3v) is 7.91. The Labute approximate surface area is 178 Å². The summed E-state index contributed by atoms with van der Waals surface area (Å²) in [5.41, 5.74) is -9.43. The maximum Gasteiger partial charge on any atom is 0.432 e. The smallest absolute Gasteiger partial charge is 0.292 e. The molecule has 0 aliphatic heterocycles. The van der Waals surface area contributed by atoms with Crippen LogP contribution in [0.4, 0.5) is 23.2 Å². The minimum Gasteiger partial charge on any atom is -0.292 e. The first kappa shape index (κ1) is 25.1. The van der Waals surface area contributed by atoms with Crippen molar-refractivity contribution < 1.29 is 34.4 Å². The number of nitrogens with zero attached hydrogens (tertiary/aromatic N) is 3. The summed E-state index contributed by atoms with van der Waals surface area (Å²) in [5.74, 6) is -2.37. The summed E-state index contributed by atoms with van der Waals surface area (Å²) in [6.45, 7) is 1.06. The van der Waals surface area contributed by atoms with Gasteiger partial charge in [-0.15, -0.1) is 0 Å². The summed E-state index contributed by atoms with van der Waals surface area (Å²) in [5, 5.41) is 9.25. The van der Waals surface area contributed by atoms with Gasteiger partial charge < -0.3 is 0 Å². The van der Waals surface area contributed by atoms with Gasteiger partial charge in [-0.1, -0.05) is 0 Å². The summed E-state index contributed by atoms with van der Waals surface area (Å²) in [7, 11) is -8.71. The molecule has 0 unspecified atom stereocenters. The van der Waals surface area contributed by atoms with Crippen LogP contribution >= 0.6 is 0 Å². The Morgan fingerprint density at radius 3 is 2.19 bits per heavy atom. The lowest BCUT2D eigenvalue weighted by atomic mass is 10.0. The van der Waals surface area contributed by atoms with Crippen LogP contribution in [0.2, 0.25) is 0 Å². The molecule has 1 aromatic carbocycles. The lowest BCUT2D eigenvalue weighted by molar-refractivity contribution is -0.143. The molecular formula is C16H14F4N4O6S2. The molecular weight excluding hydrogens is 484 g/mol. The Bertz CT molecular complexity index is 1470. The van der Waals surface area contributed by atoms with Gasteiger partial charge in [-0.05, 0) is 19.1 Å². The predicted molar refractivity (Wildman–Crippen MR) is 104 cm³/mol. The highest BCUT2D eigenvalue weighted by Gasteiger charge is 2.40. The van der Waals surface area contributed by atoms with Gasteiger partial charge in [-0.25, -0.2) is 26.0 Å². The van der Waals surface area contributed by atoms with E-state index in [-0.39, 0.29) is 8.28 Å². The number of anilines is 1. The van der Waals surface area contributed by atoms with Crippen molar-refractivity contribution in [1.82, 2.24) is 9.55 Å². The van der Waals surface area contributed by atoms with Gasteiger partial charge in [-0.3, -0.25) is 14.3 Å². The van der Waals surface area contributed by atoms with E-state index in [2.05, 4.69) is 0 Å². The highest BCUT2D eigenvalue weighted by molar-refractivity contribution is 8.09. The number of hydrogen-bond donors (Lipinski definition) is 1. The molecule has 0 spiro atoms. The molecule has 0 fully saturated rings. The molecule has 16 heteroatoms. The van der Waals surface area contributed by atoms with Crippen molar-refractivity contribution in [3.63, 3.8) is 0 Å². The fourth-order valence-corrected chi connectivity index (χ4v) is 6.01. The van der Waals surface area contributed by atoms with Crippen LogP contribution in [-0.4, -0.2) is 38.4 Å². The second kappa shape index (κ2) is 8.06. The fraction of sp³-hybridized carbons (Fsp3) is 0.312. The van der Waals surface area contributed by atoms with E-state index in [1.165, 1.54) is 6.07 Å². The Balaban J connectivity index is 3.15. The van der Waals surface area contributed by atoms with Crippen molar-refractivity contribution >= 4 is 25.7 Å². The van der Waals surface area contributed by atoms with Crippen LogP contribution in [0.15, 0.2) is 21.7 Å². The predicted octanol–water partition coefficient (Wildman–Crippen LogP) is 0.886. The number of aromatic nitrogens is 2. The summed E-state index contributed by atoms with van der Waals surface area (Å²) in [6, 6.07) is 1.99. The molecule has 2 rings (SSSR count). The van der Waals surface area contributed by atoms with Gasteiger partial charge >= 0.3 is 11.9 Å². The topological polar surface area (TPSA) is 150 Å². The third-order valence-electron chi connectivity index (χ3n) is 4.18. The zero-order valence-electron chi connectivity index (χ0n) is 16.5. The highest BCUT2D eigenvalue weighted by Crippen LogP contribution is 2.38. The first-order chi connectivity index (χ1) is 14.5. The number of aromatic amines is 1. The summed E-state index contributed by atoms with van der Waals surface area (Å²) in [6.07, 6.45) is -4.89. The average molecular weight is 498 g/mol. The van der Waals surface area contributed by atoms with Crippen LogP contribution in [0.1, 0.15) is 18.2 Å². The second-order valence-electron chi connectivity index (χ2n) is 6.36. The maximum absolute atomic E-state index is 14.7. The molecule has 10 nitrogen and oxygen atoms in total. The molecule has 1 aromatic heterocycles. The molecule has 0 saturated carbocycles. The van der Waals surface area contributed by atoms with Crippen molar-refractivity contribution in [3.8, 4) is 17.2 Å². The lowest BCUT2D eigenvalue weighted by Gasteiger charge is -2.23. The summed E-state index contributed by atoms with van der Waals surface area (Å²) < 4.78 is 105. The van der Waals surface area contributed by atoms with Crippen LogP contribution in [0.25, 0.3) is 11.1 Å². The first-order valence-electron chi connectivity index (χ1n) is 8.35. The lowest BCUT2D eigenvalue weighted by Crippen LogP contribution is -2.38. The molecule has 0 bridgehead atoms. The van der Waals surface area contributed by atoms with Crippen LogP contribution in [0, 0.1) is 17.1 Å². The van der Waals surface area contributed by atoms with Crippen molar-refractivity contribution in [2.75, 3.05) is 15.7 Å². The number of H-pyrrole nitrogens is 1. The number of sulfonamides is 2. The molecule has 0 saturated heterocycles. The van der Waals surface area contributed by atoms with Crippen LogP contribution in [0.3, 0.4) is 0 Å². The van der Waals surface area contributed by atoms with E-state index in [1.54, 1.807) is 4.98 Å². The van der Waals surface area contributed by atoms with Gasteiger partial charge in [-0.2, -0.15) is 22.1 Å². The van der Waals surface area contributed by atoms with Crippen molar-refractivity contribution in [3.05, 3.63) is 50.0 Å². The van der Waals surface area contributed by atoms with Gasteiger partial charge in [0.25, 0.3) is 5.56 Å². The molecule has 1 heterocycles. The van der Waals surface area contributed by atoms with E-state index in [0.29, 0.717) is 25.4 Å². The van der Waals surface area contributed by atoms with E-state index in [0.717, 1.165) is 6.92 Å². The summed E-state index contributed by atoms with van der Waals surface area (Å²) in [4.78, 5) is 25.5. The zero-order valence-corrected chi connectivity index (χ0v) is 18.1. The van der Waals surface area contributed by atoms with E-state index in [4.69, 9.17) is 0 Å². The minimum atomic E-state index is -5.34. The highest BCUT2D eigenvalue weighted by atomic mass is 32.3. The molecule has 0 aliphatic rings. The van der Waals surface area contributed by atoms with Gasteiger partial charge in [0.2, 0.25) is 20.0 Å². The maximum atomic E-state index is 14.7. The van der Waals surface area contributed by atoms with Crippen LogP contribution in [0.5, 0.6) is 0 Å². The van der Waals surface area contributed by atoms with Crippen LogP contribution < -0.4 is 15.0 Å². The number of nitriles is 1. The van der Waals surface area contributed by atoms with E-state index in [1.807, 2.05) is 0 Å². The van der Waals surface area contributed by atoms with Gasteiger partial charge in [0.1, 0.15) is 17.6 Å². The van der Waals surface area contributed by atoms with Gasteiger partial charge in [0, 0.05) is 12.6 Å². The molecule has 0 aliphatic carbocycles. The molecule has 174 valence electrons. The molecule has 1 N–H and O–H groups in total. The molecule has 0 amide bonds. The van der Waals surface area contributed by atoms with E-state index < -0.39 is 77.1 Å². The van der Waals surface area contributed by atoms with E-state index >= 15 is 0 Å². The van der Waals surface area contributed by atoms with Crippen molar-refractivity contribution in [2.45, 2.75) is 13.1 Å². The first-order valence-corrected chi connectivity index (χ1v) is 11.8. The number of halogens is 4. The third kappa shape index (κ3) is 4.39. The fourth-order valence-electron chi connectivity index (χ4n) is 2.85. The number of benzene rings is 1. The van der Waals surface area contributed by atoms with Crippen LogP contribution in [-0.2, 0) is 33.3 Å². The molecule has 0 radical (unpaired) electrons. The Kier molecular flexibility index (Phi) is 6.31. The largest absolute Gasteiger partial charge is 0.432 e. The second-order valence-corrected chi connectivity index (χ2v) is 10.5. The Morgan fingerprint density at radius 1 is 1.19 bits per heavy atom. The SMILES string of the molecule is CCS(=O)(=O)N(c1cc(-c2c(C(F)(F)F)n(C)c(=O)[nH]c2=O)c(F)cc1C#N)S(C)(=O)=O. The molecule has 32 heavy (non-hydrogen) atoms. The zero-order chi connectivity index (χ0) is 24.8. The van der Waals surface area contributed by atoms with Gasteiger partial charge in [0.05, 0.1) is 28.8 Å². The Hall–Kier alpha value is -3.19. The number of rotatable bonds is 5. The van der Waals surface area contributed by atoms with Gasteiger partial charge in [0.15, 0.2) is 0 Å². The standard InChI is InChI=1S/C16H14F4N4O6S2/c1-4-32(29,30)24(31(3,27)28)11-6-9(10(17)5-8(11)7-21)12-13(16(18,19)20)23(2)15(26)22-14(12)25/h5-6H,4H2,1-3H3,(H,22,25,26). The number of alkyl halides is 3. The number of hydrogen-bond acceptors (Lipinski definition) is 7. The number of nitrogens with one attached hydrogen (secondary N) is 1. The quantitative estimate of drug-likeness (QED) is 0.602. The minimum absolute atomic E-state index is 0.00876. The van der Waals surface area contributed by atoms with Crippen molar-refractivity contribution in [1.29, 1.82) is 5.26 Å². The molecule has 2 aromatic rings. The van der Waals surface area contributed by atoms with E-state index in [9.17, 15) is 49.2 Å². The summed E-state index contributed by atoms with van der Waals surface area (Å²) >= 11 is 0.